The summed E-state index contributed by atoms with van der Waals surface area (Å²) in [5.41, 5.74) is 0.764. The van der Waals surface area contributed by atoms with E-state index in [1.807, 2.05) is 6.07 Å². The molecule has 0 aliphatic carbocycles. The third kappa shape index (κ3) is 2.61. The number of para-hydroxylation sites is 1. The van der Waals surface area contributed by atoms with Crippen LogP contribution in [0.3, 0.4) is 0 Å². The molecule has 1 aromatic rings. The van der Waals surface area contributed by atoms with Crippen molar-refractivity contribution in [2.45, 2.75) is 0 Å². The Morgan fingerprint density at radius 3 is 2.93 bits per heavy atom. The van der Waals surface area contributed by atoms with Gasteiger partial charge >= 0.3 is 5.97 Å². The highest BCUT2D eigenvalue weighted by atomic mass is 16.5. The number of methoxy groups -OCH3 is 1. The summed E-state index contributed by atoms with van der Waals surface area (Å²) in [6.07, 6.45) is 0. The van der Waals surface area contributed by atoms with E-state index in [-0.39, 0.29) is 6.54 Å². The Morgan fingerprint density at radius 1 is 1.67 bits per heavy atom. The summed E-state index contributed by atoms with van der Waals surface area (Å²) in [5, 5.41) is 20.0. The molecule has 15 heavy (non-hydrogen) atoms. The molecule has 0 saturated carbocycles. The van der Waals surface area contributed by atoms with E-state index in [1.165, 1.54) is 7.11 Å². The van der Waals surface area contributed by atoms with Gasteiger partial charge in [-0.05, 0) is 12.1 Å². The standard InChI is InChI=1S/C10H10N2O3/c1-15-8-4-2-3-7(5-11)10(8)12-6-9(13)14/h2-4,12H,6H2,1H3,(H,13,14). The molecule has 0 amide bonds. The van der Waals surface area contributed by atoms with Gasteiger partial charge in [0.05, 0.1) is 18.4 Å². The van der Waals surface area contributed by atoms with Crippen LogP contribution in [0.2, 0.25) is 0 Å². The number of aliphatic carboxylic acids is 1. The molecule has 0 heterocycles. The third-order valence-electron chi connectivity index (χ3n) is 1.78. The van der Waals surface area contributed by atoms with Crippen molar-refractivity contribution in [2.75, 3.05) is 19.0 Å². The molecule has 0 saturated heterocycles. The van der Waals surface area contributed by atoms with Crippen molar-refractivity contribution in [3.05, 3.63) is 23.8 Å². The summed E-state index contributed by atoms with van der Waals surface area (Å²) in [4.78, 5) is 10.4. The lowest BCUT2D eigenvalue weighted by Crippen LogP contribution is -2.13. The number of hydrogen-bond acceptors (Lipinski definition) is 4. The number of nitrogens with zero attached hydrogens (tertiary/aromatic N) is 1. The fourth-order valence-electron chi connectivity index (χ4n) is 1.14. The molecule has 0 aliphatic heterocycles. The number of nitrogens with one attached hydrogen (secondary N) is 1. The lowest BCUT2D eigenvalue weighted by atomic mass is 10.2. The molecular formula is C10H10N2O3. The molecular weight excluding hydrogens is 196 g/mol. The normalized spacial score (nSPS) is 9.07. The van der Waals surface area contributed by atoms with Crippen LogP contribution in [0.4, 0.5) is 5.69 Å². The van der Waals surface area contributed by atoms with Crippen molar-refractivity contribution in [1.82, 2.24) is 0 Å². The molecule has 0 spiro atoms. The minimum Gasteiger partial charge on any atom is -0.495 e. The van der Waals surface area contributed by atoms with E-state index >= 15 is 0 Å². The second-order valence-electron chi connectivity index (χ2n) is 2.74. The SMILES string of the molecule is COc1cccc(C#N)c1NCC(=O)O. The first-order valence-corrected chi connectivity index (χ1v) is 4.21. The highest BCUT2D eigenvalue weighted by Gasteiger charge is 2.09. The largest absolute Gasteiger partial charge is 0.495 e. The van der Waals surface area contributed by atoms with E-state index in [9.17, 15) is 4.79 Å². The maximum absolute atomic E-state index is 10.4. The Hall–Kier alpha value is -2.22. The Labute approximate surface area is 86.9 Å². The number of rotatable bonds is 4. The maximum atomic E-state index is 10.4. The highest BCUT2D eigenvalue weighted by molar-refractivity contribution is 5.76. The maximum Gasteiger partial charge on any atom is 0.322 e. The van der Waals surface area contributed by atoms with Crippen LogP contribution < -0.4 is 10.1 Å². The lowest BCUT2D eigenvalue weighted by Gasteiger charge is -2.10. The molecule has 5 nitrogen and oxygen atoms in total. The lowest BCUT2D eigenvalue weighted by molar-refractivity contribution is -0.134. The van der Waals surface area contributed by atoms with Crippen LogP contribution in [0.25, 0.3) is 0 Å². The molecule has 2 N–H and O–H groups in total. The fraction of sp³-hybridized carbons (Fsp3) is 0.200. The highest BCUT2D eigenvalue weighted by Crippen LogP contribution is 2.27. The molecule has 5 heteroatoms. The van der Waals surface area contributed by atoms with Gasteiger partial charge in [-0.2, -0.15) is 5.26 Å². The molecule has 0 bridgehead atoms. The van der Waals surface area contributed by atoms with Gasteiger partial charge in [0.1, 0.15) is 18.4 Å². The topological polar surface area (TPSA) is 82.3 Å². The summed E-state index contributed by atoms with van der Waals surface area (Å²) in [5.74, 6) is -0.542. The second-order valence-corrected chi connectivity index (χ2v) is 2.74. The zero-order chi connectivity index (χ0) is 11.3. The number of anilines is 1. The number of carboxylic acid groups (broad SMARTS) is 1. The van der Waals surface area contributed by atoms with Crippen LogP contribution >= 0.6 is 0 Å². The summed E-state index contributed by atoms with van der Waals surface area (Å²) in [7, 11) is 1.46. The number of nitriles is 1. The van der Waals surface area contributed by atoms with E-state index in [4.69, 9.17) is 15.1 Å². The summed E-state index contributed by atoms with van der Waals surface area (Å²) < 4.78 is 5.01. The van der Waals surface area contributed by atoms with Crippen molar-refractivity contribution < 1.29 is 14.6 Å². The fourth-order valence-corrected chi connectivity index (χ4v) is 1.14. The predicted molar refractivity (Wildman–Crippen MR) is 53.8 cm³/mol. The molecule has 0 radical (unpaired) electrons. The van der Waals surface area contributed by atoms with Gasteiger partial charge in [-0.25, -0.2) is 0 Å². The molecule has 1 rings (SSSR count). The van der Waals surface area contributed by atoms with Gasteiger partial charge in [0.2, 0.25) is 0 Å². The Balaban J connectivity index is 3.01. The first kappa shape index (κ1) is 10.9. The van der Waals surface area contributed by atoms with Crippen molar-refractivity contribution >= 4 is 11.7 Å². The van der Waals surface area contributed by atoms with Crippen LogP contribution in [-0.4, -0.2) is 24.7 Å². The van der Waals surface area contributed by atoms with E-state index in [1.54, 1.807) is 18.2 Å². The van der Waals surface area contributed by atoms with Crippen molar-refractivity contribution in [3.63, 3.8) is 0 Å². The quantitative estimate of drug-likeness (QED) is 0.769. The van der Waals surface area contributed by atoms with Gasteiger partial charge in [-0.15, -0.1) is 0 Å². The van der Waals surface area contributed by atoms with Gasteiger partial charge in [-0.3, -0.25) is 4.79 Å². The molecule has 0 unspecified atom stereocenters. The van der Waals surface area contributed by atoms with E-state index in [2.05, 4.69) is 5.32 Å². The van der Waals surface area contributed by atoms with Crippen molar-refractivity contribution in [1.29, 1.82) is 5.26 Å². The number of carbonyl (C=O) groups is 1. The van der Waals surface area contributed by atoms with Crippen LogP contribution in [-0.2, 0) is 4.79 Å². The molecule has 1 aromatic carbocycles. The van der Waals surface area contributed by atoms with Gasteiger partial charge < -0.3 is 15.2 Å². The van der Waals surface area contributed by atoms with E-state index in [0.717, 1.165) is 0 Å². The molecule has 0 aliphatic rings. The monoisotopic (exact) mass is 206 g/mol. The smallest absolute Gasteiger partial charge is 0.322 e. The summed E-state index contributed by atoms with van der Waals surface area (Å²) in [6, 6.07) is 6.88. The van der Waals surface area contributed by atoms with Crippen molar-refractivity contribution in [3.8, 4) is 11.8 Å². The zero-order valence-electron chi connectivity index (χ0n) is 8.15. The third-order valence-corrected chi connectivity index (χ3v) is 1.78. The molecule has 78 valence electrons. The van der Waals surface area contributed by atoms with Gasteiger partial charge in [0.25, 0.3) is 0 Å². The average Bonchev–Trinajstić information content (AvgIpc) is 2.25. The molecule has 0 fully saturated rings. The summed E-state index contributed by atoms with van der Waals surface area (Å²) >= 11 is 0. The number of hydrogen-bond donors (Lipinski definition) is 2. The van der Waals surface area contributed by atoms with Gasteiger partial charge in [-0.1, -0.05) is 6.07 Å². The van der Waals surface area contributed by atoms with Gasteiger partial charge in [0.15, 0.2) is 0 Å². The number of ether oxygens (including phenoxy) is 1. The first-order valence-electron chi connectivity index (χ1n) is 4.21. The molecule has 0 aromatic heterocycles. The molecule has 0 atom stereocenters. The van der Waals surface area contributed by atoms with E-state index in [0.29, 0.717) is 17.0 Å². The first-order chi connectivity index (χ1) is 7.19. The van der Waals surface area contributed by atoms with Crippen LogP contribution in [0.1, 0.15) is 5.56 Å². The Morgan fingerprint density at radius 2 is 2.40 bits per heavy atom. The average molecular weight is 206 g/mol. The predicted octanol–water partition coefficient (Wildman–Crippen LogP) is 1.06. The van der Waals surface area contributed by atoms with Crippen molar-refractivity contribution in [2.24, 2.45) is 0 Å². The van der Waals surface area contributed by atoms with Crippen LogP contribution in [0.15, 0.2) is 18.2 Å². The minimum absolute atomic E-state index is 0.255. The number of carboxylic acids is 1. The van der Waals surface area contributed by atoms with Crippen LogP contribution in [0, 0.1) is 11.3 Å². The summed E-state index contributed by atoms with van der Waals surface area (Å²) in [6.45, 7) is -0.255. The number of benzene rings is 1. The Kier molecular flexibility index (Phi) is 3.52. The van der Waals surface area contributed by atoms with E-state index < -0.39 is 5.97 Å². The van der Waals surface area contributed by atoms with Gasteiger partial charge in [0, 0.05) is 0 Å². The second kappa shape index (κ2) is 4.86. The van der Waals surface area contributed by atoms with Crippen LogP contribution in [0.5, 0.6) is 5.75 Å². The Bertz CT molecular complexity index is 410. The minimum atomic E-state index is -0.996. The zero-order valence-corrected chi connectivity index (χ0v) is 8.15.